The number of benzene rings is 1. The van der Waals surface area contributed by atoms with Gasteiger partial charge in [-0.05, 0) is 55.4 Å². The molecule has 1 aliphatic carbocycles. The fraction of sp³-hybridized carbons (Fsp3) is 0.632. The Morgan fingerprint density at radius 3 is 2.46 bits per heavy atom. The summed E-state index contributed by atoms with van der Waals surface area (Å²) in [5, 5.41) is 3.13. The molecule has 0 bridgehead atoms. The van der Waals surface area contributed by atoms with Gasteiger partial charge in [0.25, 0.3) is 0 Å². The monoisotopic (exact) mass is 377 g/mol. The third-order valence-corrected chi connectivity index (χ3v) is 7.76. The van der Waals surface area contributed by atoms with Crippen LogP contribution in [0.15, 0.2) is 23.1 Å². The van der Waals surface area contributed by atoms with Gasteiger partial charge in [0.1, 0.15) is 0 Å². The van der Waals surface area contributed by atoms with Gasteiger partial charge in [-0.15, -0.1) is 0 Å². The normalized spacial score (nSPS) is 21.8. The Kier molecular flexibility index (Phi) is 4.92. The van der Waals surface area contributed by atoms with Crippen LogP contribution in [0.25, 0.3) is 0 Å². The van der Waals surface area contributed by atoms with E-state index in [0.717, 1.165) is 43.2 Å². The number of sulfonamides is 1. The van der Waals surface area contributed by atoms with E-state index in [-0.39, 0.29) is 6.03 Å². The van der Waals surface area contributed by atoms with Crippen molar-refractivity contribution >= 4 is 16.1 Å². The van der Waals surface area contributed by atoms with Gasteiger partial charge in [0, 0.05) is 32.2 Å². The molecule has 0 radical (unpaired) electrons. The molecule has 2 fully saturated rings. The van der Waals surface area contributed by atoms with Crippen LogP contribution in [0.2, 0.25) is 0 Å². The lowest BCUT2D eigenvalue weighted by Crippen LogP contribution is -2.46. The summed E-state index contributed by atoms with van der Waals surface area (Å²) in [6.07, 6.45) is 7.13. The molecule has 1 aromatic carbocycles. The zero-order valence-electron chi connectivity index (χ0n) is 15.1. The average Bonchev–Trinajstić information content (AvgIpc) is 3.34. The first kappa shape index (κ1) is 17.8. The molecule has 0 atom stereocenters. The van der Waals surface area contributed by atoms with E-state index in [1.807, 2.05) is 11.0 Å². The highest BCUT2D eigenvalue weighted by molar-refractivity contribution is 7.89. The molecule has 2 amide bonds. The van der Waals surface area contributed by atoms with Gasteiger partial charge in [-0.25, -0.2) is 13.2 Å². The van der Waals surface area contributed by atoms with Crippen molar-refractivity contribution in [3.8, 4) is 0 Å². The summed E-state index contributed by atoms with van der Waals surface area (Å²) in [5.41, 5.74) is 2.10. The van der Waals surface area contributed by atoms with E-state index < -0.39 is 10.0 Å². The molecule has 4 rings (SSSR count). The number of amides is 2. The van der Waals surface area contributed by atoms with Crippen LogP contribution < -0.4 is 5.32 Å². The maximum atomic E-state index is 12.8. The highest BCUT2D eigenvalue weighted by Crippen LogP contribution is 2.26. The van der Waals surface area contributed by atoms with Crippen LogP contribution in [0.5, 0.6) is 0 Å². The average molecular weight is 378 g/mol. The number of hydrogen-bond acceptors (Lipinski definition) is 3. The number of nitrogens with zero attached hydrogens (tertiary/aromatic N) is 2. The fourth-order valence-corrected chi connectivity index (χ4v) is 5.85. The lowest BCUT2D eigenvalue weighted by atomic mass is 10.0. The Labute approximate surface area is 155 Å². The van der Waals surface area contributed by atoms with Crippen molar-refractivity contribution in [2.75, 3.05) is 19.6 Å². The number of nitrogens with one attached hydrogen (secondary N) is 1. The number of hydrogen-bond donors (Lipinski definition) is 1. The van der Waals surface area contributed by atoms with Crippen LogP contribution in [0.3, 0.4) is 0 Å². The Morgan fingerprint density at radius 1 is 1.00 bits per heavy atom. The number of urea groups is 1. The molecule has 0 aromatic heterocycles. The van der Waals surface area contributed by atoms with Crippen molar-refractivity contribution in [2.45, 2.75) is 62.4 Å². The molecule has 7 heteroatoms. The Morgan fingerprint density at radius 2 is 1.73 bits per heavy atom. The standard InChI is InChI=1S/C19H27N3O3S/c23-19(20-17-5-1-2-6-17)21-12-9-15-7-8-18(13-16(15)14-21)26(24,25)22-10-3-4-11-22/h7-8,13,17H,1-6,9-12,14H2,(H,20,23). The van der Waals surface area contributed by atoms with Gasteiger partial charge in [0.2, 0.25) is 10.0 Å². The predicted octanol–water partition coefficient (Wildman–Crippen LogP) is 2.48. The minimum atomic E-state index is -3.41. The molecule has 1 aromatic rings. The minimum Gasteiger partial charge on any atom is -0.335 e. The lowest BCUT2D eigenvalue weighted by Gasteiger charge is -2.30. The summed E-state index contributed by atoms with van der Waals surface area (Å²) in [6, 6.07) is 5.70. The molecular weight excluding hydrogens is 350 g/mol. The van der Waals surface area contributed by atoms with Crippen molar-refractivity contribution in [3.05, 3.63) is 29.3 Å². The van der Waals surface area contributed by atoms with Crippen LogP contribution in [0.1, 0.15) is 49.7 Å². The Hall–Kier alpha value is -1.60. The van der Waals surface area contributed by atoms with Gasteiger partial charge in [-0.3, -0.25) is 0 Å². The molecular formula is C19H27N3O3S. The summed E-state index contributed by atoms with van der Waals surface area (Å²) >= 11 is 0. The quantitative estimate of drug-likeness (QED) is 0.880. The largest absolute Gasteiger partial charge is 0.335 e. The molecule has 142 valence electrons. The van der Waals surface area contributed by atoms with Crippen molar-refractivity contribution in [1.82, 2.24) is 14.5 Å². The number of rotatable bonds is 3. The van der Waals surface area contributed by atoms with Gasteiger partial charge in [-0.1, -0.05) is 18.9 Å². The molecule has 6 nitrogen and oxygen atoms in total. The molecule has 2 aliphatic heterocycles. The number of carbonyl (C=O) groups is 1. The minimum absolute atomic E-state index is 0.0182. The van der Waals surface area contributed by atoms with Crippen LogP contribution in [0.4, 0.5) is 4.79 Å². The van der Waals surface area contributed by atoms with E-state index in [4.69, 9.17) is 0 Å². The zero-order valence-corrected chi connectivity index (χ0v) is 15.9. The molecule has 2 heterocycles. The Balaban J connectivity index is 1.50. The van der Waals surface area contributed by atoms with Crippen LogP contribution >= 0.6 is 0 Å². The van der Waals surface area contributed by atoms with E-state index >= 15 is 0 Å². The first-order chi connectivity index (χ1) is 12.5. The third-order valence-electron chi connectivity index (χ3n) is 5.86. The van der Waals surface area contributed by atoms with Gasteiger partial charge < -0.3 is 10.2 Å². The lowest BCUT2D eigenvalue weighted by molar-refractivity contribution is 0.188. The van der Waals surface area contributed by atoms with Crippen molar-refractivity contribution in [1.29, 1.82) is 0 Å². The van der Waals surface area contributed by atoms with E-state index in [9.17, 15) is 13.2 Å². The van der Waals surface area contributed by atoms with E-state index in [1.54, 1.807) is 16.4 Å². The number of fused-ring (bicyclic) bond motifs is 1. The third kappa shape index (κ3) is 3.47. The first-order valence-corrected chi connectivity index (χ1v) is 11.2. The maximum absolute atomic E-state index is 12.8. The van der Waals surface area contributed by atoms with Crippen molar-refractivity contribution in [2.24, 2.45) is 0 Å². The molecule has 26 heavy (non-hydrogen) atoms. The predicted molar refractivity (Wildman–Crippen MR) is 99.3 cm³/mol. The van der Waals surface area contributed by atoms with Gasteiger partial charge >= 0.3 is 6.03 Å². The van der Waals surface area contributed by atoms with E-state index in [2.05, 4.69) is 5.32 Å². The summed E-state index contributed by atoms with van der Waals surface area (Å²) < 4.78 is 27.2. The molecule has 3 aliphatic rings. The second-order valence-corrected chi connectivity index (χ2v) is 9.58. The van der Waals surface area contributed by atoms with Crippen molar-refractivity contribution < 1.29 is 13.2 Å². The molecule has 1 N–H and O–H groups in total. The summed E-state index contributed by atoms with van der Waals surface area (Å²) in [5.74, 6) is 0. The molecule has 1 saturated carbocycles. The second kappa shape index (κ2) is 7.19. The summed E-state index contributed by atoms with van der Waals surface area (Å²) in [4.78, 5) is 14.7. The smallest absolute Gasteiger partial charge is 0.317 e. The number of carbonyl (C=O) groups excluding carboxylic acids is 1. The molecule has 0 spiro atoms. The van der Waals surface area contributed by atoms with E-state index in [0.29, 0.717) is 37.1 Å². The van der Waals surface area contributed by atoms with Gasteiger partial charge in [0.05, 0.1) is 4.90 Å². The maximum Gasteiger partial charge on any atom is 0.317 e. The highest BCUT2D eigenvalue weighted by Gasteiger charge is 2.29. The van der Waals surface area contributed by atoms with Gasteiger partial charge in [0.15, 0.2) is 0 Å². The van der Waals surface area contributed by atoms with E-state index in [1.165, 1.54) is 12.8 Å². The first-order valence-electron chi connectivity index (χ1n) is 9.71. The van der Waals surface area contributed by atoms with Crippen LogP contribution in [0, 0.1) is 0 Å². The fourth-order valence-electron chi connectivity index (χ4n) is 4.28. The Bertz CT molecular complexity index is 781. The van der Waals surface area contributed by atoms with Crippen molar-refractivity contribution in [3.63, 3.8) is 0 Å². The molecule has 1 saturated heterocycles. The molecule has 0 unspecified atom stereocenters. The second-order valence-electron chi connectivity index (χ2n) is 7.64. The summed E-state index contributed by atoms with van der Waals surface area (Å²) in [7, 11) is -3.41. The topological polar surface area (TPSA) is 69.7 Å². The highest BCUT2D eigenvalue weighted by atomic mass is 32.2. The summed E-state index contributed by atoms with van der Waals surface area (Å²) in [6.45, 7) is 2.38. The SMILES string of the molecule is O=C(NC1CCCC1)N1CCc2ccc(S(=O)(=O)N3CCCC3)cc2C1. The zero-order chi connectivity index (χ0) is 18.1. The van der Waals surface area contributed by atoms with Gasteiger partial charge in [-0.2, -0.15) is 4.31 Å². The van der Waals surface area contributed by atoms with Crippen LogP contribution in [-0.4, -0.2) is 49.3 Å². The van der Waals surface area contributed by atoms with Crippen LogP contribution in [-0.2, 0) is 23.0 Å².